The summed E-state index contributed by atoms with van der Waals surface area (Å²) < 4.78 is 5.23. The van der Waals surface area contributed by atoms with Crippen LogP contribution in [-0.2, 0) is 6.42 Å². The van der Waals surface area contributed by atoms with Gasteiger partial charge in [0.1, 0.15) is 5.75 Å². The van der Waals surface area contributed by atoms with Crippen LogP contribution in [-0.4, -0.2) is 13.7 Å². The number of rotatable bonds is 4. The minimum absolute atomic E-state index is 0.651. The first-order chi connectivity index (χ1) is 9.28. The SMILES string of the molecule is COc1ccc(NCC2Cc3ccccc32)c(C)c1. The Hall–Kier alpha value is -1.96. The number of hydrogen-bond acceptors (Lipinski definition) is 2. The van der Waals surface area contributed by atoms with Crippen LogP contribution >= 0.6 is 0 Å². The Balaban J connectivity index is 1.65. The third-order valence-electron chi connectivity index (χ3n) is 3.93. The molecule has 1 N–H and O–H groups in total. The molecule has 1 aliphatic rings. The van der Waals surface area contributed by atoms with E-state index in [2.05, 4.69) is 48.6 Å². The van der Waals surface area contributed by atoms with Crippen molar-refractivity contribution in [2.45, 2.75) is 19.3 Å². The van der Waals surface area contributed by atoms with Gasteiger partial charge in [-0.15, -0.1) is 0 Å². The predicted molar refractivity (Wildman–Crippen MR) is 79.1 cm³/mol. The lowest BCUT2D eigenvalue weighted by molar-refractivity contribution is 0.414. The second-order valence-electron chi connectivity index (χ2n) is 5.16. The molecule has 0 saturated heterocycles. The smallest absolute Gasteiger partial charge is 0.119 e. The van der Waals surface area contributed by atoms with E-state index in [1.54, 1.807) is 7.11 Å². The lowest BCUT2D eigenvalue weighted by atomic mass is 9.77. The molecule has 0 bridgehead atoms. The molecule has 1 atom stereocenters. The molecule has 0 heterocycles. The minimum atomic E-state index is 0.651. The number of aryl methyl sites for hydroxylation is 1. The summed E-state index contributed by atoms with van der Waals surface area (Å²) in [5, 5.41) is 3.55. The Bertz CT molecular complexity index is 592. The molecule has 0 fully saturated rings. The van der Waals surface area contributed by atoms with Crippen LogP contribution in [0.4, 0.5) is 5.69 Å². The molecule has 2 aromatic rings. The van der Waals surface area contributed by atoms with Gasteiger partial charge in [0.2, 0.25) is 0 Å². The number of ether oxygens (including phenoxy) is 1. The van der Waals surface area contributed by atoms with Gasteiger partial charge in [-0.3, -0.25) is 0 Å². The number of fused-ring (bicyclic) bond motifs is 1. The molecule has 2 heteroatoms. The van der Waals surface area contributed by atoms with E-state index in [-0.39, 0.29) is 0 Å². The lowest BCUT2D eigenvalue weighted by Gasteiger charge is -2.30. The number of hydrogen-bond donors (Lipinski definition) is 1. The highest BCUT2D eigenvalue weighted by molar-refractivity contribution is 5.54. The summed E-state index contributed by atoms with van der Waals surface area (Å²) in [6.45, 7) is 3.11. The molecule has 0 amide bonds. The topological polar surface area (TPSA) is 21.3 Å². The first-order valence-corrected chi connectivity index (χ1v) is 6.74. The van der Waals surface area contributed by atoms with Crippen LogP contribution in [0.1, 0.15) is 22.6 Å². The number of benzene rings is 2. The molecular weight excluding hydrogens is 234 g/mol. The Kier molecular flexibility index (Phi) is 3.16. The van der Waals surface area contributed by atoms with Gasteiger partial charge in [-0.2, -0.15) is 0 Å². The van der Waals surface area contributed by atoms with Crippen molar-refractivity contribution >= 4 is 5.69 Å². The molecule has 0 saturated carbocycles. The van der Waals surface area contributed by atoms with Crippen molar-refractivity contribution < 1.29 is 4.74 Å². The van der Waals surface area contributed by atoms with E-state index in [1.807, 2.05) is 6.07 Å². The second kappa shape index (κ2) is 4.96. The van der Waals surface area contributed by atoms with Crippen LogP contribution in [0.15, 0.2) is 42.5 Å². The zero-order valence-corrected chi connectivity index (χ0v) is 11.4. The fourth-order valence-corrected chi connectivity index (χ4v) is 2.74. The van der Waals surface area contributed by atoms with Crippen molar-refractivity contribution in [2.24, 2.45) is 0 Å². The normalized spacial score (nSPS) is 16.4. The summed E-state index contributed by atoms with van der Waals surface area (Å²) in [6.07, 6.45) is 1.19. The minimum Gasteiger partial charge on any atom is -0.497 e. The van der Waals surface area contributed by atoms with Crippen LogP contribution < -0.4 is 10.1 Å². The van der Waals surface area contributed by atoms with Crippen LogP contribution in [0.25, 0.3) is 0 Å². The molecule has 98 valence electrons. The van der Waals surface area contributed by atoms with E-state index < -0.39 is 0 Å². The first-order valence-electron chi connectivity index (χ1n) is 6.74. The highest BCUT2D eigenvalue weighted by Crippen LogP contribution is 2.35. The van der Waals surface area contributed by atoms with Gasteiger partial charge in [-0.25, -0.2) is 0 Å². The van der Waals surface area contributed by atoms with E-state index in [4.69, 9.17) is 4.74 Å². The maximum atomic E-state index is 5.23. The molecular formula is C17H19NO. The van der Waals surface area contributed by atoms with Crippen LogP contribution in [0, 0.1) is 6.92 Å². The third-order valence-corrected chi connectivity index (χ3v) is 3.93. The average molecular weight is 253 g/mol. The Morgan fingerprint density at radius 1 is 1.21 bits per heavy atom. The highest BCUT2D eigenvalue weighted by Gasteiger charge is 2.24. The Labute approximate surface area is 114 Å². The maximum Gasteiger partial charge on any atom is 0.119 e. The molecule has 2 aromatic carbocycles. The summed E-state index contributed by atoms with van der Waals surface area (Å²) >= 11 is 0. The molecule has 0 spiro atoms. The van der Waals surface area contributed by atoms with Crippen molar-refractivity contribution in [3.8, 4) is 5.75 Å². The molecule has 1 unspecified atom stereocenters. The summed E-state index contributed by atoms with van der Waals surface area (Å²) in [5.41, 5.74) is 5.43. The summed E-state index contributed by atoms with van der Waals surface area (Å²) in [6, 6.07) is 14.9. The van der Waals surface area contributed by atoms with Crippen LogP contribution in [0.5, 0.6) is 5.75 Å². The summed E-state index contributed by atoms with van der Waals surface area (Å²) in [5.74, 6) is 1.56. The monoisotopic (exact) mass is 253 g/mol. The zero-order chi connectivity index (χ0) is 13.2. The van der Waals surface area contributed by atoms with Crippen molar-refractivity contribution in [3.05, 3.63) is 59.2 Å². The van der Waals surface area contributed by atoms with E-state index in [9.17, 15) is 0 Å². The quantitative estimate of drug-likeness (QED) is 0.896. The fourth-order valence-electron chi connectivity index (χ4n) is 2.74. The van der Waals surface area contributed by atoms with Crippen molar-refractivity contribution in [1.82, 2.24) is 0 Å². The van der Waals surface area contributed by atoms with Crippen molar-refractivity contribution in [2.75, 3.05) is 19.0 Å². The molecule has 0 aliphatic heterocycles. The van der Waals surface area contributed by atoms with E-state index in [1.165, 1.54) is 28.8 Å². The number of nitrogens with one attached hydrogen (secondary N) is 1. The van der Waals surface area contributed by atoms with Crippen molar-refractivity contribution in [1.29, 1.82) is 0 Å². The van der Waals surface area contributed by atoms with Gasteiger partial charge in [0.15, 0.2) is 0 Å². The third kappa shape index (κ3) is 2.30. The fraction of sp³-hybridized carbons (Fsp3) is 0.294. The first kappa shape index (κ1) is 12.1. The molecule has 3 rings (SSSR count). The van der Waals surface area contributed by atoms with Gasteiger partial charge in [0.25, 0.3) is 0 Å². The lowest BCUT2D eigenvalue weighted by Crippen LogP contribution is -2.24. The van der Waals surface area contributed by atoms with Gasteiger partial charge in [0, 0.05) is 18.2 Å². The predicted octanol–water partition coefficient (Wildman–Crippen LogP) is 3.76. The second-order valence-corrected chi connectivity index (χ2v) is 5.16. The summed E-state index contributed by atoms with van der Waals surface area (Å²) in [7, 11) is 1.70. The van der Waals surface area contributed by atoms with Crippen LogP contribution in [0.2, 0.25) is 0 Å². The van der Waals surface area contributed by atoms with Gasteiger partial charge in [-0.1, -0.05) is 24.3 Å². The number of methoxy groups -OCH3 is 1. The van der Waals surface area contributed by atoms with E-state index in [0.717, 1.165) is 12.3 Å². The zero-order valence-electron chi connectivity index (χ0n) is 11.4. The largest absolute Gasteiger partial charge is 0.497 e. The van der Waals surface area contributed by atoms with Crippen molar-refractivity contribution in [3.63, 3.8) is 0 Å². The highest BCUT2D eigenvalue weighted by atomic mass is 16.5. The Morgan fingerprint density at radius 2 is 2.05 bits per heavy atom. The molecule has 1 aliphatic carbocycles. The van der Waals surface area contributed by atoms with Gasteiger partial charge < -0.3 is 10.1 Å². The summed E-state index contributed by atoms with van der Waals surface area (Å²) in [4.78, 5) is 0. The van der Waals surface area contributed by atoms with Gasteiger partial charge in [-0.05, 0) is 48.2 Å². The van der Waals surface area contributed by atoms with Crippen LogP contribution in [0.3, 0.4) is 0 Å². The molecule has 19 heavy (non-hydrogen) atoms. The number of anilines is 1. The standard InChI is InChI=1S/C17H19NO/c1-12-9-15(19-2)7-8-17(12)18-11-14-10-13-5-3-4-6-16(13)14/h3-9,14,18H,10-11H2,1-2H3. The molecule has 2 nitrogen and oxygen atoms in total. The van der Waals surface area contributed by atoms with Gasteiger partial charge >= 0.3 is 0 Å². The Morgan fingerprint density at radius 3 is 2.79 bits per heavy atom. The van der Waals surface area contributed by atoms with E-state index in [0.29, 0.717) is 5.92 Å². The van der Waals surface area contributed by atoms with Gasteiger partial charge in [0.05, 0.1) is 7.11 Å². The average Bonchev–Trinajstić information content (AvgIpc) is 2.41. The molecule has 0 radical (unpaired) electrons. The maximum absolute atomic E-state index is 5.23. The van der Waals surface area contributed by atoms with E-state index >= 15 is 0 Å². The molecule has 0 aromatic heterocycles.